The van der Waals surface area contributed by atoms with Crippen LogP contribution in [0.25, 0.3) is 0 Å². The predicted molar refractivity (Wildman–Crippen MR) is 147 cm³/mol. The first-order chi connectivity index (χ1) is 18.9. The van der Waals surface area contributed by atoms with Crippen molar-refractivity contribution < 1.29 is 26.7 Å². The van der Waals surface area contributed by atoms with Crippen molar-refractivity contribution in [3.8, 4) is 0 Å². The molecule has 214 valence electrons. The summed E-state index contributed by atoms with van der Waals surface area (Å²) >= 11 is 0. The average Bonchev–Trinajstić information content (AvgIpc) is 3.42. The van der Waals surface area contributed by atoms with E-state index in [-0.39, 0.29) is 18.4 Å². The number of amides is 1. The summed E-state index contributed by atoms with van der Waals surface area (Å²) in [6.07, 6.45) is 1.63. The van der Waals surface area contributed by atoms with Gasteiger partial charge in [0.2, 0.25) is 10.0 Å². The van der Waals surface area contributed by atoms with Gasteiger partial charge in [-0.2, -0.15) is 9.40 Å². The fourth-order valence-corrected chi connectivity index (χ4v) is 6.92. The molecule has 0 saturated carbocycles. The van der Waals surface area contributed by atoms with E-state index in [4.69, 9.17) is 4.74 Å². The number of aromatic nitrogens is 2. The number of benzene rings is 2. The van der Waals surface area contributed by atoms with Crippen LogP contribution in [0.15, 0.2) is 41.3 Å². The van der Waals surface area contributed by atoms with Gasteiger partial charge in [-0.1, -0.05) is 0 Å². The number of carbonyl (C=O) groups excluding carboxylic acids is 1. The zero-order valence-corrected chi connectivity index (χ0v) is 23.5. The van der Waals surface area contributed by atoms with E-state index in [1.807, 2.05) is 31.1 Å². The number of ether oxygens (including phenoxy) is 1. The van der Waals surface area contributed by atoms with Gasteiger partial charge < -0.3 is 20.3 Å². The van der Waals surface area contributed by atoms with E-state index >= 15 is 0 Å². The summed E-state index contributed by atoms with van der Waals surface area (Å²) in [5.41, 5.74) is 1.82. The molecule has 1 amide bonds. The molecule has 13 heteroatoms. The number of nitrogens with zero attached hydrogens (tertiary/aromatic N) is 3. The highest BCUT2D eigenvalue weighted by atomic mass is 32.2. The zero-order valence-electron chi connectivity index (χ0n) is 22.7. The second kappa shape index (κ2) is 10.5. The Morgan fingerprint density at radius 1 is 1.12 bits per heavy atom. The largest absolute Gasteiger partial charge is 0.381 e. The van der Waals surface area contributed by atoms with Crippen LogP contribution in [0.3, 0.4) is 0 Å². The summed E-state index contributed by atoms with van der Waals surface area (Å²) in [7, 11) is -0.461. The van der Waals surface area contributed by atoms with E-state index in [0.717, 1.165) is 35.0 Å². The predicted octanol–water partition coefficient (Wildman–Crippen LogP) is 4.04. The summed E-state index contributed by atoms with van der Waals surface area (Å²) < 4.78 is 61.2. The van der Waals surface area contributed by atoms with Crippen molar-refractivity contribution in [2.75, 3.05) is 42.8 Å². The van der Waals surface area contributed by atoms with Crippen molar-refractivity contribution in [2.45, 2.75) is 49.7 Å². The van der Waals surface area contributed by atoms with Crippen molar-refractivity contribution in [3.05, 3.63) is 64.9 Å². The van der Waals surface area contributed by atoms with Gasteiger partial charge in [-0.15, -0.1) is 0 Å². The van der Waals surface area contributed by atoms with Crippen LogP contribution in [-0.4, -0.2) is 62.2 Å². The van der Waals surface area contributed by atoms with Gasteiger partial charge >= 0.3 is 0 Å². The molecule has 1 fully saturated rings. The number of sulfonamides is 1. The Hall–Kier alpha value is -3.55. The lowest BCUT2D eigenvalue weighted by atomic mass is 10.0. The molecule has 0 spiro atoms. The molecular weight excluding hydrogens is 542 g/mol. The number of fused-ring (bicyclic) bond motifs is 1. The molecule has 2 aliphatic rings. The summed E-state index contributed by atoms with van der Waals surface area (Å²) in [4.78, 5) is 15.0. The number of nitrogens with one attached hydrogen (secondary N) is 3. The highest BCUT2D eigenvalue weighted by molar-refractivity contribution is 7.89. The van der Waals surface area contributed by atoms with E-state index in [1.54, 1.807) is 19.9 Å². The molecule has 1 aromatic heterocycles. The quantitative estimate of drug-likeness (QED) is 0.390. The Kier molecular flexibility index (Phi) is 7.31. The van der Waals surface area contributed by atoms with Crippen molar-refractivity contribution in [2.24, 2.45) is 0 Å². The highest BCUT2D eigenvalue weighted by Crippen LogP contribution is 2.44. The first-order valence-corrected chi connectivity index (χ1v) is 14.4. The van der Waals surface area contributed by atoms with Gasteiger partial charge in [0.1, 0.15) is 11.6 Å². The molecule has 0 atom stereocenters. The van der Waals surface area contributed by atoms with Gasteiger partial charge in [-0.05, 0) is 57.0 Å². The number of carbonyl (C=O) groups is 1. The fraction of sp³-hybridized carbons (Fsp3) is 0.407. The number of anilines is 3. The van der Waals surface area contributed by atoms with E-state index in [1.165, 1.54) is 0 Å². The minimum absolute atomic E-state index is 0.151. The molecular formula is C27H32F2N6O4S. The first kappa shape index (κ1) is 28.0. The Balaban J connectivity index is 1.43. The number of hydrogen-bond acceptors (Lipinski definition) is 7. The minimum Gasteiger partial charge on any atom is -0.381 e. The van der Waals surface area contributed by atoms with Gasteiger partial charge in [0.25, 0.3) is 5.91 Å². The minimum atomic E-state index is -4.29. The summed E-state index contributed by atoms with van der Waals surface area (Å²) in [6, 6.07) is 7.82. The lowest BCUT2D eigenvalue weighted by molar-refractivity contribution is 0.0904. The van der Waals surface area contributed by atoms with Gasteiger partial charge in [0.15, 0.2) is 5.82 Å². The fourth-order valence-electron chi connectivity index (χ4n) is 5.15. The van der Waals surface area contributed by atoms with Crippen LogP contribution >= 0.6 is 0 Å². The number of H-pyrrole nitrogens is 1. The molecule has 5 rings (SSSR count). The van der Waals surface area contributed by atoms with E-state index in [9.17, 15) is 22.0 Å². The molecule has 3 N–H and O–H groups in total. The monoisotopic (exact) mass is 574 g/mol. The average molecular weight is 575 g/mol. The van der Waals surface area contributed by atoms with E-state index in [2.05, 4.69) is 20.8 Å². The van der Waals surface area contributed by atoms with Crippen LogP contribution in [0.2, 0.25) is 0 Å². The lowest BCUT2D eigenvalue weighted by Crippen LogP contribution is -2.40. The zero-order chi connectivity index (χ0) is 28.8. The van der Waals surface area contributed by atoms with Crippen LogP contribution in [0.1, 0.15) is 48.3 Å². The smallest absolute Gasteiger partial charge is 0.258 e. The first-order valence-electron chi connectivity index (χ1n) is 12.9. The lowest BCUT2D eigenvalue weighted by Gasteiger charge is -2.30. The number of aromatic amines is 1. The topological polar surface area (TPSA) is 120 Å². The van der Waals surface area contributed by atoms with Crippen LogP contribution < -0.4 is 15.5 Å². The third-order valence-corrected chi connectivity index (χ3v) is 9.40. The maximum atomic E-state index is 13.9. The summed E-state index contributed by atoms with van der Waals surface area (Å²) in [5, 5.41) is 13.4. The molecule has 10 nitrogen and oxygen atoms in total. The van der Waals surface area contributed by atoms with Gasteiger partial charge in [0, 0.05) is 62.9 Å². The van der Waals surface area contributed by atoms with Crippen molar-refractivity contribution in [3.63, 3.8) is 0 Å². The van der Waals surface area contributed by atoms with Crippen LogP contribution in [0.5, 0.6) is 0 Å². The Morgan fingerprint density at radius 2 is 1.80 bits per heavy atom. The standard InChI is InChI=1S/C27H32F2N6O4S/c1-27(2)24-22(15-35(27)40(37,38)20-12-16(28)11-17(29)13-20)25(33-32-24)31-26(36)21-6-5-19(34(3)4)14-23(21)30-18-7-9-39-10-8-18/h5-6,11-14,18,30H,7-10,15H2,1-4H3,(H2,31,32,33,36). The van der Waals surface area contributed by atoms with Crippen LogP contribution in [-0.2, 0) is 26.8 Å². The maximum Gasteiger partial charge on any atom is 0.258 e. The summed E-state index contributed by atoms with van der Waals surface area (Å²) in [6.45, 7) is 4.45. The SMILES string of the molecule is CN(C)c1ccc(C(=O)Nc2n[nH]c3c2CN(S(=O)(=O)c2cc(F)cc(F)c2)C3(C)C)c(NC2CCOCC2)c1. The van der Waals surface area contributed by atoms with E-state index in [0.29, 0.717) is 41.8 Å². The highest BCUT2D eigenvalue weighted by Gasteiger charge is 2.48. The van der Waals surface area contributed by atoms with Crippen molar-refractivity contribution in [1.82, 2.24) is 14.5 Å². The van der Waals surface area contributed by atoms with Gasteiger partial charge in [0.05, 0.1) is 21.7 Å². The molecule has 3 heterocycles. The normalized spacial score (nSPS) is 17.4. The molecule has 40 heavy (non-hydrogen) atoms. The second-order valence-electron chi connectivity index (χ2n) is 10.7. The van der Waals surface area contributed by atoms with Crippen molar-refractivity contribution >= 4 is 33.1 Å². The molecule has 0 aliphatic carbocycles. The Morgan fingerprint density at radius 3 is 2.45 bits per heavy atom. The van der Waals surface area contributed by atoms with Crippen molar-refractivity contribution in [1.29, 1.82) is 0 Å². The third-order valence-electron chi connectivity index (χ3n) is 7.41. The Labute approximate surface area is 231 Å². The molecule has 2 aliphatic heterocycles. The molecule has 1 saturated heterocycles. The molecule has 0 unspecified atom stereocenters. The second-order valence-corrected chi connectivity index (χ2v) is 12.6. The Bertz CT molecular complexity index is 1530. The van der Waals surface area contributed by atoms with Gasteiger partial charge in [-0.25, -0.2) is 17.2 Å². The number of rotatable bonds is 7. The molecule has 3 aromatic rings. The van der Waals surface area contributed by atoms with Crippen LogP contribution in [0, 0.1) is 11.6 Å². The van der Waals surface area contributed by atoms with Crippen LogP contribution in [0.4, 0.5) is 26.0 Å². The molecule has 0 bridgehead atoms. The maximum absolute atomic E-state index is 13.9. The molecule has 2 aromatic carbocycles. The third kappa shape index (κ3) is 5.16. The van der Waals surface area contributed by atoms with Gasteiger partial charge in [-0.3, -0.25) is 9.89 Å². The number of halogens is 2. The van der Waals surface area contributed by atoms with E-state index < -0.39 is 38.0 Å². The number of hydrogen-bond donors (Lipinski definition) is 3. The summed E-state index contributed by atoms with van der Waals surface area (Å²) in [5.74, 6) is -2.21. The molecule has 0 radical (unpaired) electrons.